The number of H-pyrrole nitrogens is 1. The van der Waals surface area contributed by atoms with Gasteiger partial charge in [0.2, 0.25) is 5.56 Å². The normalized spacial score (nSPS) is 15.2. The van der Waals surface area contributed by atoms with Crippen LogP contribution in [0.4, 0.5) is 0 Å². The molecule has 4 heterocycles. The smallest absolute Gasteiger partial charge is 0.287 e. The molecule has 4 aromatic rings. The van der Waals surface area contributed by atoms with Crippen LogP contribution in [0.25, 0.3) is 21.1 Å². The van der Waals surface area contributed by atoms with E-state index in [9.17, 15) is 14.4 Å². The Morgan fingerprint density at radius 1 is 1.14 bits per heavy atom. The number of aromatic amines is 1. The SMILES string of the molecule is O=C(c1cc(=O)[nH]c2ccccc12)N1CCC(n2nnc3ccsc3c2=O)CC1. The van der Waals surface area contributed by atoms with Crippen molar-refractivity contribution in [2.45, 2.75) is 18.9 Å². The third-order valence-electron chi connectivity index (χ3n) is 5.37. The second-order valence-corrected chi connectivity index (χ2v) is 8.01. The zero-order valence-electron chi connectivity index (χ0n) is 15.4. The van der Waals surface area contributed by atoms with E-state index >= 15 is 0 Å². The number of amides is 1. The lowest BCUT2D eigenvalue weighted by Gasteiger charge is -2.32. The molecule has 0 radical (unpaired) electrons. The predicted molar refractivity (Wildman–Crippen MR) is 110 cm³/mol. The van der Waals surface area contributed by atoms with Crippen molar-refractivity contribution in [3.63, 3.8) is 0 Å². The van der Waals surface area contributed by atoms with Crippen molar-refractivity contribution in [2.24, 2.45) is 0 Å². The lowest BCUT2D eigenvalue weighted by atomic mass is 10.0. The van der Waals surface area contributed by atoms with Crippen molar-refractivity contribution >= 4 is 38.4 Å². The molecule has 0 atom stereocenters. The Labute approximate surface area is 168 Å². The summed E-state index contributed by atoms with van der Waals surface area (Å²) in [4.78, 5) is 42.2. The van der Waals surface area contributed by atoms with E-state index in [0.29, 0.717) is 47.2 Å². The molecule has 0 spiro atoms. The number of hydrogen-bond acceptors (Lipinski definition) is 6. The molecule has 0 aliphatic carbocycles. The number of thiophene rings is 1. The Bertz CT molecular complexity index is 1350. The van der Waals surface area contributed by atoms with Crippen LogP contribution in [0.2, 0.25) is 0 Å². The highest BCUT2D eigenvalue weighted by molar-refractivity contribution is 7.17. The van der Waals surface area contributed by atoms with E-state index in [2.05, 4.69) is 15.3 Å². The van der Waals surface area contributed by atoms with Crippen LogP contribution in [-0.4, -0.2) is 43.9 Å². The molecule has 1 saturated heterocycles. The van der Waals surface area contributed by atoms with Crippen LogP contribution < -0.4 is 11.1 Å². The Kier molecular flexibility index (Phi) is 4.24. The maximum atomic E-state index is 13.1. The fourth-order valence-electron chi connectivity index (χ4n) is 3.89. The molecule has 3 aromatic heterocycles. The van der Waals surface area contributed by atoms with Gasteiger partial charge in [-0.15, -0.1) is 16.4 Å². The number of likely N-dealkylation sites (tertiary alicyclic amines) is 1. The van der Waals surface area contributed by atoms with Gasteiger partial charge in [-0.3, -0.25) is 14.4 Å². The third kappa shape index (κ3) is 3.03. The standard InChI is InChI=1S/C20H17N5O3S/c26-17-11-14(13-3-1-2-4-15(13)21-17)19(27)24-8-5-12(6-9-24)25-20(28)18-16(22-23-25)7-10-29-18/h1-4,7,10-12H,5-6,8-9H2,(H,21,26). The average molecular weight is 407 g/mol. The van der Waals surface area contributed by atoms with Crippen LogP contribution in [-0.2, 0) is 0 Å². The number of piperidine rings is 1. The number of para-hydroxylation sites is 1. The molecule has 1 aromatic carbocycles. The van der Waals surface area contributed by atoms with Crippen molar-refractivity contribution in [3.8, 4) is 0 Å². The van der Waals surface area contributed by atoms with Crippen LogP contribution in [0.1, 0.15) is 29.2 Å². The van der Waals surface area contributed by atoms with Crippen LogP contribution in [0.5, 0.6) is 0 Å². The highest BCUT2D eigenvalue weighted by atomic mass is 32.1. The quantitative estimate of drug-likeness (QED) is 0.549. The number of nitrogens with zero attached hydrogens (tertiary/aromatic N) is 4. The predicted octanol–water partition coefficient (Wildman–Crippen LogP) is 2.17. The molecule has 146 valence electrons. The molecule has 0 unspecified atom stereocenters. The van der Waals surface area contributed by atoms with Gasteiger partial charge in [0.1, 0.15) is 10.2 Å². The second-order valence-electron chi connectivity index (χ2n) is 7.09. The van der Waals surface area contributed by atoms with E-state index in [1.165, 1.54) is 22.1 Å². The van der Waals surface area contributed by atoms with E-state index < -0.39 is 0 Å². The van der Waals surface area contributed by atoms with Gasteiger partial charge in [-0.2, -0.15) is 0 Å². The topological polar surface area (TPSA) is 101 Å². The second kappa shape index (κ2) is 6.93. The molecule has 5 rings (SSSR count). The van der Waals surface area contributed by atoms with Crippen LogP contribution in [0.3, 0.4) is 0 Å². The monoisotopic (exact) mass is 407 g/mol. The first-order valence-electron chi connectivity index (χ1n) is 9.36. The van der Waals surface area contributed by atoms with Crippen molar-refractivity contribution in [1.82, 2.24) is 24.9 Å². The molecule has 8 nitrogen and oxygen atoms in total. The van der Waals surface area contributed by atoms with Crippen LogP contribution >= 0.6 is 11.3 Å². The maximum Gasteiger partial charge on any atom is 0.287 e. The summed E-state index contributed by atoms with van der Waals surface area (Å²) in [5.41, 5.74) is 1.23. The number of pyridine rings is 1. The van der Waals surface area contributed by atoms with Gasteiger partial charge in [-0.1, -0.05) is 23.4 Å². The number of hydrogen-bond donors (Lipinski definition) is 1. The van der Waals surface area contributed by atoms with Crippen LogP contribution in [0.15, 0.2) is 51.4 Å². The van der Waals surface area contributed by atoms with Gasteiger partial charge in [0.15, 0.2) is 0 Å². The van der Waals surface area contributed by atoms with E-state index in [0.717, 1.165) is 5.39 Å². The van der Waals surface area contributed by atoms with Gasteiger partial charge in [0, 0.05) is 30.1 Å². The molecule has 1 amide bonds. The summed E-state index contributed by atoms with van der Waals surface area (Å²) in [6, 6.07) is 10.3. The lowest BCUT2D eigenvalue weighted by Crippen LogP contribution is -2.41. The highest BCUT2D eigenvalue weighted by Gasteiger charge is 2.27. The minimum absolute atomic E-state index is 0.0959. The number of carbonyl (C=O) groups excluding carboxylic acids is 1. The Morgan fingerprint density at radius 3 is 2.76 bits per heavy atom. The average Bonchev–Trinajstić information content (AvgIpc) is 3.23. The summed E-state index contributed by atoms with van der Waals surface area (Å²) in [7, 11) is 0. The van der Waals surface area contributed by atoms with Gasteiger partial charge in [0.25, 0.3) is 11.5 Å². The Balaban J connectivity index is 1.39. The number of carbonyl (C=O) groups is 1. The first-order valence-corrected chi connectivity index (χ1v) is 10.2. The van der Waals surface area contributed by atoms with Gasteiger partial charge in [-0.25, -0.2) is 4.68 Å². The van der Waals surface area contributed by atoms with Crippen LogP contribution in [0, 0.1) is 0 Å². The van der Waals surface area contributed by atoms with Gasteiger partial charge < -0.3 is 9.88 Å². The van der Waals surface area contributed by atoms with E-state index in [1.807, 2.05) is 23.6 Å². The van der Waals surface area contributed by atoms with Crippen molar-refractivity contribution < 1.29 is 4.79 Å². The summed E-state index contributed by atoms with van der Waals surface area (Å²) in [6.07, 6.45) is 1.22. The molecule has 1 N–H and O–H groups in total. The molecule has 1 aliphatic heterocycles. The van der Waals surface area contributed by atoms with E-state index in [4.69, 9.17) is 0 Å². The summed E-state index contributed by atoms with van der Waals surface area (Å²) in [6.45, 7) is 0.975. The molecule has 29 heavy (non-hydrogen) atoms. The van der Waals surface area contributed by atoms with E-state index in [1.54, 1.807) is 17.0 Å². The molecule has 1 fully saturated rings. The van der Waals surface area contributed by atoms with Gasteiger partial charge in [0.05, 0.1) is 11.6 Å². The summed E-state index contributed by atoms with van der Waals surface area (Å²) in [5, 5.41) is 10.8. The number of rotatable bonds is 2. The maximum absolute atomic E-state index is 13.1. The zero-order valence-corrected chi connectivity index (χ0v) is 16.2. The lowest BCUT2D eigenvalue weighted by molar-refractivity contribution is 0.0689. The number of benzene rings is 1. The first kappa shape index (κ1) is 17.7. The van der Waals surface area contributed by atoms with E-state index in [-0.39, 0.29) is 23.1 Å². The number of nitrogens with one attached hydrogen (secondary N) is 1. The molecular formula is C20H17N5O3S. The number of fused-ring (bicyclic) bond motifs is 2. The number of aromatic nitrogens is 4. The Hall–Kier alpha value is -3.33. The summed E-state index contributed by atoms with van der Waals surface area (Å²) in [5.74, 6) is -0.169. The molecule has 0 saturated carbocycles. The zero-order chi connectivity index (χ0) is 20.0. The molecule has 9 heteroatoms. The largest absolute Gasteiger partial charge is 0.338 e. The first-order chi connectivity index (χ1) is 14.1. The third-order valence-corrected chi connectivity index (χ3v) is 6.27. The van der Waals surface area contributed by atoms with Gasteiger partial charge >= 0.3 is 0 Å². The van der Waals surface area contributed by atoms with Gasteiger partial charge in [-0.05, 0) is 30.4 Å². The molecular weight excluding hydrogens is 390 g/mol. The summed E-state index contributed by atoms with van der Waals surface area (Å²) < 4.78 is 2.05. The fourth-order valence-corrected chi connectivity index (χ4v) is 4.64. The minimum Gasteiger partial charge on any atom is -0.338 e. The molecule has 1 aliphatic rings. The van der Waals surface area contributed by atoms with Crippen molar-refractivity contribution in [3.05, 3.63) is 68.0 Å². The summed E-state index contributed by atoms with van der Waals surface area (Å²) >= 11 is 1.36. The fraction of sp³-hybridized carbons (Fsp3) is 0.250. The highest BCUT2D eigenvalue weighted by Crippen LogP contribution is 2.24. The molecule has 0 bridgehead atoms. The van der Waals surface area contributed by atoms with Crippen molar-refractivity contribution in [1.29, 1.82) is 0 Å². The minimum atomic E-state index is -0.298. The van der Waals surface area contributed by atoms with Crippen molar-refractivity contribution in [2.75, 3.05) is 13.1 Å². The Morgan fingerprint density at radius 2 is 1.93 bits per heavy atom.